The van der Waals surface area contributed by atoms with Crippen LogP contribution in [0.2, 0.25) is 0 Å². The number of unbranched alkanes of at least 4 members (excludes halogenated alkanes) is 19. The summed E-state index contributed by atoms with van der Waals surface area (Å²) in [4.78, 5) is 26.6. The molecule has 0 bridgehead atoms. The van der Waals surface area contributed by atoms with Gasteiger partial charge < -0.3 is 45.1 Å². The molecular weight excluding hydrogens is 1000 g/mol. The average Bonchev–Trinajstić information content (AvgIpc) is 3.46. The van der Waals surface area contributed by atoms with Crippen LogP contribution in [0.5, 0.6) is 0 Å². The Bertz CT molecular complexity index is 1850. The minimum absolute atomic E-state index is 0.0951. The first-order chi connectivity index (χ1) is 39.2. The Labute approximate surface area is 485 Å². The van der Waals surface area contributed by atoms with Gasteiger partial charge in [-0.1, -0.05) is 263 Å². The maximum atomic E-state index is 13.4. The van der Waals surface area contributed by atoms with Gasteiger partial charge in [0.1, 0.15) is 24.4 Å². The molecule has 80 heavy (non-hydrogen) atoms. The predicted octanol–water partition coefficient (Wildman–Crippen LogP) is 15.0. The second-order valence-electron chi connectivity index (χ2n) is 20.8. The van der Waals surface area contributed by atoms with Crippen molar-refractivity contribution < 1.29 is 49.3 Å². The molecular formula is C69H111NO10. The minimum Gasteiger partial charge on any atom is -0.454 e. The molecule has 1 amide bonds. The maximum absolute atomic E-state index is 13.4. The molecule has 6 N–H and O–H groups in total. The van der Waals surface area contributed by atoms with Crippen molar-refractivity contribution >= 4 is 11.9 Å². The average molecular weight is 1110 g/mol. The third-order valence-electron chi connectivity index (χ3n) is 13.6. The molecule has 11 heteroatoms. The highest BCUT2D eigenvalue weighted by molar-refractivity contribution is 5.80. The van der Waals surface area contributed by atoms with Gasteiger partial charge in [-0.05, 0) is 89.9 Å². The SMILES string of the molecule is CC\C=C/C=C/C=C/C=C\C=C\C=C\CCCCC(O)C(=O)NC(COC1OC(CO)C(O)C(O)C1OC(=O)CCCCCCCCC/C=C\C/C=C\C/C=C\C/C=C\C/C=C\CC)C(O)/C=C/CCCCCCCCCCCC. The van der Waals surface area contributed by atoms with E-state index in [-0.39, 0.29) is 19.4 Å². The van der Waals surface area contributed by atoms with Gasteiger partial charge >= 0.3 is 5.97 Å². The predicted molar refractivity (Wildman–Crippen MR) is 333 cm³/mol. The number of esters is 1. The van der Waals surface area contributed by atoms with E-state index in [1.165, 1.54) is 44.9 Å². The lowest BCUT2D eigenvalue weighted by Crippen LogP contribution is -2.61. The van der Waals surface area contributed by atoms with Crippen molar-refractivity contribution in [1.82, 2.24) is 5.32 Å². The van der Waals surface area contributed by atoms with E-state index in [1.807, 2.05) is 72.9 Å². The van der Waals surface area contributed by atoms with Gasteiger partial charge in [-0.3, -0.25) is 9.59 Å². The molecule has 1 saturated heterocycles. The van der Waals surface area contributed by atoms with Gasteiger partial charge in [-0.25, -0.2) is 0 Å². The first kappa shape index (κ1) is 73.6. The number of carbonyl (C=O) groups excluding carboxylic acids is 2. The lowest BCUT2D eigenvalue weighted by atomic mass is 9.99. The van der Waals surface area contributed by atoms with Crippen LogP contribution in [0.15, 0.2) is 146 Å². The summed E-state index contributed by atoms with van der Waals surface area (Å²) in [7, 11) is 0. The van der Waals surface area contributed by atoms with E-state index < -0.39 is 67.4 Å². The summed E-state index contributed by atoms with van der Waals surface area (Å²) < 4.78 is 17.6. The van der Waals surface area contributed by atoms with E-state index in [4.69, 9.17) is 14.2 Å². The molecule has 1 aliphatic heterocycles. The van der Waals surface area contributed by atoms with Crippen LogP contribution in [0.4, 0.5) is 0 Å². The summed E-state index contributed by atoms with van der Waals surface area (Å²) in [5, 5.41) is 56.9. The van der Waals surface area contributed by atoms with E-state index in [1.54, 1.807) is 6.08 Å². The highest BCUT2D eigenvalue weighted by Gasteiger charge is 2.47. The van der Waals surface area contributed by atoms with E-state index >= 15 is 0 Å². The zero-order valence-electron chi connectivity index (χ0n) is 49.9. The van der Waals surface area contributed by atoms with Crippen LogP contribution < -0.4 is 5.32 Å². The van der Waals surface area contributed by atoms with Crippen LogP contribution in [-0.4, -0.2) is 99.6 Å². The molecule has 0 aromatic rings. The first-order valence-corrected chi connectivity index (χ1v) is 31.2. The number of hydrogen-bond donors (Lipinski definition) is 6. The highest BCUT2D eigenvalue weighted by Crippen LogP contribution is 2.26. The summed E-state index contributed by atoms with van der Waals surface area (Å²) in [5.41, 5.74) is 0. The summed E-state index contributed by atoms with van der Waals surface area (Å²) in [6, 6.07) is -1.06. The fourth-order valence-corrected chi connectivity index (χ4v) is 8.77. The number of ether oxygens (including phenoxy) is 3. The smallest absolute Gasteiger partial charge is 0.306 e. The number of aliphatic hydroxyl groups is 5. The molecule has 0 radical (unpaired) electrons. The van der Waals surface area contributed by atoms with Gasteiger partial charge in [-0.15, -0.1) is 0 Å². The van der Waals surface area contributed by atoms with Crippen molar-refractivity contribution in [3.8, 4) is 0 Å². The summed E-state index contributed by atoms with van der Waals surface area (Å²) in [6.45, 7) is 5.47. The number of carbonyl (C=O) groups is 2. The third-order valence-corrected chi connectivity index (χ3v) is 13.6. The zero-order chi connectivity index (χ0) is 58.2. The molecule has 8 atom stereocenters. The number of hydrogen-bond acceptors (Lipinski definition) is 10. The van der Waals surface area contributed by atoms with Crippen molar-refractivity contribution in [3.05, 3.63) is 146 Å². The summed E-state index contributed by atoms with van der Waals surface area (Å²) >= 11 is 0. The van der Waals surface area contributed by atoms with Crippen LogP contribution in [0.1, 0.15) is 213 Å². The Morgan fingerprint density at radius 2 is 0.963 bits per heavy atom. The van der Waals surface area contributed by atoms with Crippen molar-refractivity contribution in [1.29, 1.82) is 0 Å². The molecule has 0 saturated carbocycles. The second-order valence-corrected chi connectivity index (χ2v) is 20.8. The molecule has 11 nitrogen and oxygen atoms in total. The Morgan fingerprint density at radius 3 is 1.50 bits per heavy atom. The van der Waals surface area contributed by atoms with Crippen LogP contribution >= 0.6 is 0 Å². The van der Waals surface area contributed by atoms with Gasteiger partial charge in [0.05, 0.1) is 25.4 Å². The Kier molecular flexibility index (Phi) is 50.7. The van der Waals surface area contributed by atoms with Gasteiger partial charge in [0.25, 0.3) is 0 Å². The van der Waals surface area contributed by atoms with Crippen molar-refractivity contribution in [3.63, 3.8) is 0 Å². The van der Waals surface area contributed by atoms with E-state index in [0.717, 1.165) is 122 Å². The van der Waals surface area contributed by atoms with Gasteiger partial charge in [0, 0.05) is 6.42 Å². The quantitative estimate of drug-likeness (QED) is 0.0149. The number of amides is 1. The summed E-state index contributed by atoms with van der Waals surface area (Å²) in [6.07, 6.45) is 68.8. The van der Waals surface area contributed by atoms with Gasteiger partial charge in [-0.2, -0.15) is 0 Å². The molecule has 0 aliphatic carbocycles. The van der Waals surface area contributed by atoms with Crippen molar-refractivity contribution in [2.45, 2.75) is 262 Å². The Balaban J connectivity index is 2.70. The highest BCUT2D eigenvalue weighted by atomic mass is 16.7. The van der Waals surface area contributed by atoms with Crippen LogP contribution in [0, 0.1) is 0 Å². The lowest BCUT2D eigenvalue weighted by molar-refractivity contribution is -0.305. The lowest BCUT2D eigenvalue weighted by Gasteiger charge is -2.41. The van der Waals surface area contributed by atoms with E-state index in [2.05, 4.69) is 92.9 Å². The van der Waals surface area contributed by atoms with E-state index in [0.29, 0.717) is 12.8 Å². The largest absolute Gasteiger partial charge is 0.454 e. The molecule has 1 rings (SSSR count). The fourth-order valence-electron chi connectivity index (χ4n) is 8.77. The Morgan fingerprint density at radius 1 is 0.512 bits per heavy atom. The first-order valence-electron chi connectivity index (χ1n) is 31.2. The Hall–Kier alpha value is -4.46. The molecule has 1 fully saturated rings. The number of aliphatic hydroxyl groups excluding tert-OH is 5. The standard InChI is InChI=1S/C69H111NO10/c1-4-7-10-13-16-19-22-25-27-29-30-31-32-33-34-35-37-39-42-45-48-51-54-57-64(74)80-67-66(76)65(75)63(58-71)79-69(67)78-59-60(61(72)55-52-49-46-43-40-24-21-18-15-12-9-6-3)70-68(77)62(73)56-53-50-47-44-41-38-36-28-26-23-20-17-14-11-8-5-2/h7-8,10-11,14,16-17,19-20,23,25-28,30-31,33-34,36,38,41,44,52,55,60-63,65-67,69,71-73,75-76H,4-6,9,12-13,15,18,21-22,24,29,32,35,37,39-40,42-43,45-51,53-54,56-59H2,1-3H3,(H,70,77)/b10-7-,11-8-,17-14+,19-16-,23-20+,27-25-,28-26-,31-30-,34-33-,38-36+,44-41+,55-52+. The van der Waals surface area contributed by atoms with Crippen LogP contribution in [-0.2, 0) is 23.8 Å². The molecule has 452 valence electrons. The van der Waals surface area contributed by atoms with E-state index in [9.17, 15) is 35.1 Å². The van der Waals surface area contributed by atoms with Crippen LogP contribution in [0.25, 0.3) is 0 Å². The van der Waals surface area contributed by atoms with Crippen molar-refractivity contribution in [2.75, 3.05) is 13.2 Å². The number of allylic oxidation sites excluding steroid dienone is 23. The fraction of sp³-hybridized carbons (Fsp3) is 0.623. The number of nitrogens with one attached hydrogen (secondary N) is 1. The monoisotopic (exact) mass is 1110 g/mol. The van der Waals surface area contributed by atoms with Crippen molar-refractivity contribution in [2.24, 2.45) is 0 Å². The summed E-state index contributed by atoms with van der Waals surface area (Å²) in [5.74, 6) is -1.27. The molecule has 0 spiro atoms. The van der Waals surface area contributed by atoms with Crippen LogP contribution in [0.3, 0.4) is 0 Å². The second kappa shape index (κ2) is 55.1. The topological polar surface area (TPSA) is 175 Å². The maximum Gasteiger partial charge on any atom is 0.306 e. The van der Waals surface area contributed by atoms with Gasteiger partial charge in [0.15, 0.2) is 12.4 Å². The number of rotatable bonds is 50. The molecule has 1 heterocycles. The molecule has 1 aliphatic rings. The molecule has 8 unspecified atom stereocenters. The van der Waals surface area contributed by atoms with Gasteiger partial charge in [0.2, 0.25) is 5.91 Å². The minimum atomic E-state index is -1.64. The molecule has 0 aromatic heterocycles. The third kappa shape index (κ3) is 42.4. The zero-order valence-corrected chi connectivity index (χ0v) is 49.9. The molecule has 0 aromatic carbocycles. The normalized spacial score (nSPS) is 19.8.